The highest BCUT2D eigenvalue weighted by Gasteiger charge is 2.48. The van der Waals surface area contributed by atoms with Gasteiger partial charge >= 0.3 is 5.97 Å². The van der Waals surface area contributed by atoms with E-state index >= 15 is 0 Å². The third kappa shape index (κ3) is 3.63. The first-order valence-corrected chi connectivity index (χ1v) is 9.36. The molecule has 4 rings (SSSR count). The number of rotatable bonds is 4. The van der Waals surface area contributed by atoms with E-state index in [0.29, 0.717) is 5.56 Å². The van der Waals surface area contributed by atoms with Crippen molar-refractivity contribution < 1.29 is 49.3 Å². The van der Waals surface area contributed by atoms with Crippen LogP contribution in [0.25, 0.3) is 22.3 Å². The number of benzene rings is 2. The Hall–Kier alpha value is -3.64. The summed E-state index contributed by atoms with van der Waals surface area (Å²) < 4.78 is 15.9. The van der Waals surface area contributed by atoms with Crippen molar-refractivity contribution in [1.82, 2.24) is 0 Å². The molecule has 0 spiro atoms. The zero-order chi connectivity index (χ0) is 23.2. The molecule has 3 aromatic rings. The number of carbonyl (C=O) groups is 1. The molecule has 0 radical (unpaired) electrons. The van der Waals surface area contributed by atoms with Crippen molar-refractivity contribution in [3.63, 3.8) is 0 Å². The van der Waals surface area contributed by atoms with Gasteiger partial charge in [-0.3, -0.25) is 4.79 Å². The number of phenolic OH excluding ortho intramolecular Hbond substituents is 2. The third-order valence-corrected chi connectivity index (χ3v) is 5.03. The number of phenols is 2. The summed E-state index contributed by atoms with van der Waals surface area (Å²) in [7, 11) is 0. The lowest BCUT2D eigenvalue weighted by Crippen LogP contribution is -2.61. The maximum absolute atomic E-state index is 12.5. The molecule has 0 saturated carbocycles. The Morgan fingerprint density at radius 3 is 2.31 bits per heavy atom. The molecule has 1 aliphatic heterocycles. The van der Waals surface area contributed by atoms with Crippen LogP contribution in [0, 0.1) is 0 Å². The number of hydrogen-bond donors (Lipinski definition) is 6. The molecule has 5 atom stereocenters. The Morgan fingerprint density at radius 1 is 0.969 bits per heavy atom. The molecule has 2 heterocycles. The lowest BCUT2D eigenvalue weighted by Gasteiger charge is -2.38. The van der Waals surface area contributed by atoms with Crippen LogP contribution >= 0.6 is 0 Å². The van der Waals surface area contributed by atoms with Crippen molar-refractivity contribution in [2.24, 2.45) is 0 Å². The summed E-state index contributed by atoms with van der Waals surface area (Å²) in [5.74, 6) is -3.42. The second-order valence-corrected chi connectivity index (χ2v) is 7.14. The summed E-state index contributed by atoms with van der Waals surface area (Å²) in [6, 6.07) is 10.5. The van der Waals surface area contributed by atoms with Gasteiger partial charge in [0, 0.05) is 17.7 Å². The second-order valence-electron chi connectivity index (χ2n) is 7.14. The van der Waals surface area contributed by atoms with E-state index in [0.717, 1.165) is 12.1 Å². The van der Waals surface area contributed by atoms with Crippen LogP contribution in [-0.2, 0) is 9.53 Å². The fourth-order valence-electron chi connectivity index (χ4n) is 3.39. The highest BCUT2D eigenvalue weighted by atomic mass is 16.7. The van der Waals surface area contributed by atoms with Crippen LogP contribution < -0.4 is 10.2 Å². The normalized spacial score (nSPS) is 25.5. The molecule has 6 N–H and O–H groups in total. The molecule has 1 aliphatic rings. The van der Waals surface area contributed by atoms with Crippen LogP contribution in [0.5, 0.6) is 17.2 Å². The van der Waals surface area contributed by atoms with Gasteiger partial charge in [-0.25, -0.2) is 4.79 Å². The Morgan fingerprint density at radius 2 is 1.66 bits per heavy atom. The summed E-state index contributed by atoms with van der Waals surface area (Å²) in [6.07, 6.45) is -9.56. The van der Waals surface area contributed by atoms with Gasteiger partial charge in [-0.2, -0.15) is 0 Å². The number of ether oxygens (including phenoxy) is 2. The highest BCUT2D eigenvalue weighted by Crippen LogP contribution is 2.41. The predicted octanol–water partition coefficient (Wildman–Crippen LogP) is 0.142. The van der Waals surface area contributed by atoms with Crippen LogP contribution in [0.2, 0.25) is 0 Å². The molecule has 0 amide bonds. The van der Waals surface area contributed by atoms with Gasteiger partial charge in [-0.1, -0.05) is 30.3 Å². The zero-order valence-electron chi connectivity index (χ0n) is 16.2. The molecule has 1 fully saturated rings. The minimum Gasteiger partial charge on any atom is -0.507 e. The van der Waals surface area contributed by atoms with Gasteiger partial charge in [-0.15, -0.1) is 0 Å². The molecule has 11 heteroatoms. The number of aliphatic hydroxyl groups is 3. The van der Waals surface area contributed by atoms with Gasteiger partial charge in [-0.05, 0) is 0 Å². The number of fused-ring (bicyclic) bond motifs is 1. The lowest BCUT2D eigenvalue weighted by molar-refractivity contribution is -0.271. The minimum atomic E-state index is -1.94. The Labute approximate surface area is 178 Å². The number of carboxylic acids is 1. The van der Waals surface area contributed by atoms with Gasteiger partial charge in [0.2, 0.25) is 12.0 Å². The molecule has 11 nitrogen and oxygen atoms in total. The average molecular weight is 446 g/mol. The first-order chi connectivity index (χ1) is 15.2. The maximum atomic E-state index is 12.5. The largest absolute Gasteiger partial charge is 0.507 e. The Kier molecular flexibility index (Phi) is 5.48. The SMILES string of the molecule is O=C(O)[C@@H]1O[C@H](Oc2cc(O)c3c(=O)cc(-c4ccccc4)oc3c2O)[C@@H](O)[C@H](O)[C@@H]1O. The average Bonchev–Trinajstić information content (AvgIpc) is 2.77. The molecule has 0 bridgehead atoms. The fourth-order valence-corrected chi connectivity index (χ4v) is 3.39. The van der Waals surface area contributed by atoms with Crippen molar-refractivity contribution in [3.8, 4) is 28.6 Å². The quantitative estimate of drug-likeness (QED) is 0.299. The van der Waals surface area contributed by atoms with Crippen molar-refractivity contribution >= 4 is 16.9 Å². The highest BCUT2D eigenvalue weighted by molar-refractivity contribution is 5.91. The van der Waals surface area contributed by atoms with E-state index in [1.165, 1.54) is 0 Å². The minimum absolute atomic E-state index is 0.0911. The summed E-state index contributed by atoms with van der Waals surface area (Å²) in [5.41, 5.74) is -0.556. The Balaban J connectivity index is 1.77. The smallest absolute Gasteiger partial charge is 0.335 e. The van der Waals surface area contributed by atoms with Crippen molar-refractivity contribution in [2.45, 2.75) is 30.7 Å². The van der Waals surface area contributed by atoms with Gasteiger partial charge in [0.25, 0.3) is 0 Å². The first kappa shape index (κ1) is 21.6. The fraction of sp³-hybridized carbons (Fsp3) is 0.238. The van der Waals surface area contributed by atoms with Gasteiger partial charge in [0.05, 0.1) is 0 Å². The predicted molar refractivity (Wildman–Crippen MR) is 106 cm³/mol. The van der Waals surface area contributed by atoms with E-state index < -0.39 is 64.9 Å². The lowest BCUT2D eigenvalue weighted by atomic mass is 9.99. The number of hydrogen-bond acceptors (Lipinski definition) is 10. The van der Waals surface area contributed by atoms with Crippen molar-refractivity contribution in [1.29, 1.82) is 0 Å². The van der Waals surface area contributed by atoms with E-state index in [1.54, 1.807) is 30.3 Å². The zero-order valence-corrected chi connectivity index (χ0v) is 16.2. The first-order valence-electron chi connectivity index (χ1n) is 9.36. The number of aliphatic hydroxyl groups excluding tert-OH is 3. The van der Waals surface area contributed by atoms with E-state index in [4.69, 9.17) is 19.0 Å². The molecule has 1 aromatic heterocycles. The van der Waals surface area contributed by atoms with Crippen LogP contribution in [0.15, 0.2) is 51.7 Å². The van der Waals surface area contributed by atoms with E-state index in [-0.39, 0.29) is 11.1 Å². The standard InChI is InChI=1S/C21H18O11/c22-9-6-11(8-4-2-1-3-5-8)30-18-13(9)10(23)7-12(14(18)24)31-21-17(27)15(25)16(26)19(32-21)20(28)29/h1-7,15-17,19,21,23-27H,(H,28,29)/t15-,16+,17+,19-,21+/m1/s1. The van der Waals surface area contributed by atoms with Crippen LogP contribution in [0.3, 0.4) is 0 Å². The number of aromatic hydroxyl groups is 2. The molecule has 32 heavy (non-hydrogen) atoms. The van der Waals surface area contributed by atoms with Gasteiger partial charge < -0.3 is 44.5 Å². The second kappa shape index (κ2) is 8.13. The summed E-state index contributed by atoms with van der Waals surface area (Å²) in [6.45, 7) is 0. The molecule has 0 unspecified atom stereocenters. The van der Waals surface area contributed by atoms with Crippen molar-refractivity contribution in [3.05, 3.63) is 52.7 Å². The molecule has 2 aromatic carbocycles. The molecular weight excluding hydrogens is 428 g/mol. The number of aliphatic carboxylic acids is 1. The van der Waals surface area contributed by atoms with Crippen LogP contribution in [0.4, 0.5) is 0 Å². The number of carboxylic acid groups (broad SMARTS) is 1. The van der Waals surface area contributed by atoms with E-state index in [2.05, 4.69) is 0 Å². The third-order valence-electron chi connectivity index (χ3n) is 5.03. The van der Waals surface area contributed by atoms with E-state index in [9.17, 15) is 35.1 Å². The van der Waals surface area contributed by atoms with Crippen LogP contribution in [-0.4, -0.2) is 67.3 Å². The molecule has 168 valence electrons. The van der Waals surface area contributed by atoms with Crippen LogP contribution in [0.1, 0.15) is 0 Å². The topological polar surface area (TPSA) is 187 Å². The summed E-state index contributed by atoms with van der Waals surface area (Å²) in [5, 5.41) is 59.5. The molecular formula is C21H18O11. The van der Waals surface area contributed by atoms with Crippen molar-refractivity contribution in [2.75, 3.05) is 0 Å². The summed E-state index contributed by atoms with van der Waals surface area (Å²) in [4.78, 5) is 23.8. The Bertz CT molecular complexity index is 1220. The maximum Gasteiger partial charge on any atom is 0.335 e. The van der Waals surface area contributed by atoms with E-state index in [1.807, 2.05) is 0 Å². The monoisotopic (exact) mass is 446 g/mol. The van der Waals surface area contributed by atoms with Gasteiger partial charge in [0.15, 0.2) is 22.9 Å². The molecule has 1 saturated heterocycles. The molecule has 0 aliphatic carbocycles. The van der Waals surface area contributed by atoms with Gasteiger partial charge in [0.1, 0.15) is 35.2 Å². The summed E-state index contributed by atoms with van der Waals surface area (Å²) >= 11 is 0.